The van der Waals surface area contributed by atoms with Crippen molar-refractivity contribution in [3.05, 3.63) is 65.5 Å². The predicted octanol–water partition coefficient (Wildman–Crippen LogP) is 2.88. The fourth-order valence-electron chi connectivity index (χ4n) is 4.42. The van der Waals surface area contributed by atoms with Gasteiger partial charge in [0, 0.05) is 50.9 Å². The number of rotatable bonds is 2. The molecule has 2 aromatic rings. The number of benzene rings is 1. The van der Waals surface area contributed by atoms with Crippen LogP contribution < -0.4 is 0 Å². The Balaban J connectivity index is 1.57. The van der Waals surface area contributed by atoms with E-state index in [0.29, 0.717) is 0 Å². The van der Waals surface area contributed by atoms with E-state index in [2.05, 4.69) is 46.3 Å². The van der Waals surface area contributed by atoms with Crippen molar-refractivity contribution in [3.8, 4) is 0 Å². The molecule has 0 bridgehead atoms. The number of hydrogen-bond acceptors (Lipinski definition) is 3. The van der Waals surface area contributed by atoms with E-state index in [1.807, 2.05) is 17.3 Å². The third-order valence-corrected chi connectivity index (χ3v) is 5.69. The number of carbonyl (C=O) groups is 1. The maximum absolute atomic E-state index is 12.2. The van der Waals surface area contributed by atoms with Crippen LogP contribution >= 0.6 is 0 Å². The number of likely N-dealkylation sites (tertiary alicyclic amines) is 1. The van der Waals surface area contributed by atoms with Gasteiger partial charge < -0.3 is 4.90 Å². The first-order chi connectivity index (χ1) is 12.1. The summed E-state index contributed by atoms with van der Waals surface area (Å²) in [6.45, 7) is 6.42. The molecule has 1 spiro atoms. The molecule has 1 amide bonds. The van der Waals surface area contributed by atoms with Crippen LogP contribution in [0.4, 0.5) is 0 Å². The van der Waals surface area contributed by atoms with E-state index in [9.17, 15) is 4.79 Å². The van der Waals surface area contributed by atoms with Gasteiger partial charge in [0.1, 0.15) is 0 Å². The van der Waals surface area contributed by atoms with Gasteiger partial charge in [-0.2, -0.15) is 0 Å². The van der Waals surface area contributed by atoms with Gasteiger partial charge in [-0.25, -0.2) is 0 Å². The van der Waals surface area contributed by atoms with E-state index < -0.39 is 0 Å². The number of aromatic nitrogens is 1. The van der Waals surface area contributed by atoms with Crippen LogP contribution in [-0.2, 0) is 24.3 Å². The Hall–Kier alpha value is -2.20. The van der Waals surface area contributed by atoms with Crippen LogP contribution in [0.15, 0.2) is 48.8 Å². The van der Waals surface area contributed by atoms with Crippen molar-refractivity contribution in [1.29, 1.82) is 0 Å². The van der Waals surface area contributed by atoms with Crippen molar-refractivity contribution in [2.45, 2.75) is 32.9 Å². The minimum absolute atomic E-state index is 0.172. The minimum Gasteiger partial charge on any atom is -0.338 e. The number of hydrogen-bond donors (Lipinski definition) is 0. The fourth-order valence-corrected chi connectivity index (χ4v) is 4.42. The number of fused-ring (bicyclic) bond motifs is 1. The third-order valence-electron chi connectivity index (χ3n) is 5.69. The van der Waals surface area contributed by atoms with Crippen molar-refractivity contribution in [2.75, 3.05) is 19.6 Å². The Bertz CT molecular complexity index is 761. The quantitative estimate of drug-likeness (QED) is 0.847. The standard InChI is InChI=1S/C21H25N3O/c1-17(25)24-14-20-5-3-2-4-19(20)12-21(16-24)8-11-23(15-21)13-18-6-9-22-10-7-18/h2-7,9-10H,8,11-16H2,1H3. The lowest BCUT2D eigenvalue weighted by molar-refractivity contribution is -0.130. The van der Waals surface area contributed by atoms with Crippen molar-refractivity contribution in [2.24, 2.45) is 5.41 Å². The van der Waals surface area contributed by atoms with Gasteiger partial charge >= 0.3 is 0 Å². The van der Waals surface area contributed by atoms with E-state index in [-0.39, 0.29) is 11.3 Å². The molecule has 130 valence electrons. The second kappa shape index (κ2) is 6.60. The normalized spacial score (nSPS) is 23.5. The smallest absolute Gasteiger partial charge is 0.219 e. The van der Waals surface area contributed by atoms with Crippen LogP contribution in [0.2, 0.25) is 0 Å². The molecule has 1 unspecified atom stereocenters. The molecule has 2 aliphatic rings. The predicted molar refractivity (Wildman–Crippen MR) is 97.8 cm³/mol. The first-order valence-corrected chi connectivity index (χ1v) is 9.07. The van der Waals surface area contributed by atoms with Gasteiger partial charge in [0.2, 0.25) is 5.91 Å². The Kier molecular flexibility index (Phi) is 4.30. The second-order valence-corrected chi connectivity index (χ2v) is 7.64. The average molecular weight is 335 g/mol. The molecule has 1 aromatic heterocycles. The van der Waals surface area contributed by atoms with Gasteiger partial charge in [-0.05, 0) is 48.2 Å². The minimum atomic E-state index is 0.172. The third kappa shape index (κ3) is 3.45. The highest BCUT2D eigenvalue weighted by atomic mass is 16.2. The van der Waals surface area contributed by atoms with Crippen LogP contribution in [0.1, 0.15) is 30.0 Å². The highest BCUT2D eigenvalue weighted by molar-refractivity contribution is 5.73. The van der Waals surface area contributed by atoms with Gasteiger partial charge in [-0.1, -0.05) is 24.3 Å². The first kappa shape index (κ1) is 16.3. The molecule has 1 saturated heterocycles. The maximum atomic E-state index is 12.2. The summed E-state index contributed by atoms with van der Waals surface area (Å²) in [5.41, 5.74) is 4.20. The van der Waals surface area contributed by atoms with Crippen LogP contribution in [0.5, 0.6) is 0 Å². The molecular formula is C21H25N3O. The SMILES string of the molecule is CC(=O)N1Cc2ccccc2CC2(CCN(Cc3ccncc3)C2)C1. The Morgan fingerprint density at radius 3 is 2.64 bits per heavy atom. The Labute approximate surface area is 149 Å². The molecule has 4 nitrogen and oxygen atoms in total. The second-order valence-electron chi connectivity index (χ2n) is 7.64. The lowest BCUT2D eigenvalue weighted by atomic mass is 9.80. The molecule has 2 aliphatic heterocycles. The van der Waals surface area contributed by atoms with E-state index in [4.69, 9.17) is 0 Å². The van der Waals surface area contributed by atoms with Gasteiger partial charge in [-0.3, -0.25) is 14.7 Å². The highest BCUT2D eigenvalue weighted by Crippen LogP contribution is 2.39. The fraction of sp³-hybridized carbons (Fsp3) is 0.429. The Morgan fingerprint density at radius 1 is 1.12 bits per heavy atom. The van der Waals surface area contributed by atoms with Gasteiger partial charge in [-0.15, -0.1) is 0 Å². The summed E-state index contributed by atoms with van der Waals surface area (Å²) < 4.78 is 0. The number of amides is 1. The van der Waals surface area contributed by atoms with Gasteiger partial charge in [0.05, 0.1) is 0 Å². The summed E-state index contributed by atoms with van der Waals surface area (Å²) in [5, 5.41) is 0. The highest BCUT2D eigenvalue weighted by Gasteiger charge is 2.42. The van der Waals surface area contributed by atoms with E-state index in [0.717, 1.165) is 45.6 Å². The molecule has 0 saturated carbocycles. The molecule has 0 aliphatic carbocycles. The zero-order chi connectivity index (χ0) is 17.3. The zero-order valence-corrected chi connectivity index (χ0v) is 14.8. The van der Waals surface area contributed by atoms with E-state index >= 15 is 0 Å². The molecule has 0 radical (unpaired) electrons. The molecule has 1 atom stereocenters. The summed E-state index contributed by atoms with van der Waals surface area (Å²) >= 11 is 0. The first-order valence-electron chi connectivity index (χ1n) is 9.07. The van der Waals surface area contributed by atoms with Crippen LogP contribution in [0.3, 0.4) is 0 Å². The Morgan fingerprint density at radius 2 is 1.88 bits per heavy atom. The summed E-state index contributed by atoms with van der Waals surface area (Å²) in [4.78, 5) is 20.9. The van der Waals surface area contributed by atoms with Crippen molar-refractivity contribution >= 4 is 5.91 Å². The van der Waals surface area contributed by atoms with Gasteiger partial charge in [0.15, 0.2) is 0 Å². The maximum Gasteiger partial charge on any atom is 0.219 e. The van der Waals surface area contributed by atoms with Gasteiger partial charge in [0.25, 0.3) is 0 Å². The largest absolute Gasteiger partial charge is 0.338 e. The number of nitrogens with zero attached hydrogens (tertiary/aromatic N) is 3. The van der Waals surface area contributed by atoms with Crippen molar-refractivity contribution < 1.29 is 4.79 Å². The zero-order valence-electron chi connectivity index (χ0n) is 14.8. The summed E-state index contributed by atoms with van der Waals surface area (Å²) in [7, 11) is 0. The van der Waals surface area contributed by atoms with Crippen LogP contribution in [-0.4, -0.2) is 40.3 Å². The molecule has 3 heterocycles. The van der Waals surface area contributed by atoms with Crippen molar-refractivity contribution in [1.82, 2.24) is 14.8 Å². The number of pyridine rings is 1. The van der Waals surface area contributed by atoms with Crippen molar-refractivity contribution in [3.63, 3.8) is 0 Å². The topological polar surface area (TPSA) is 36.4 Å². The molecule has 4 heteroatoms. The lowest BCUT2D eigenvalue weighted by Gasteiger charge is -2.32. The molecular weight excluding hydrogens is 310 g/mol. The molecule has 1 aromatic carbocycles. The molecule has 0 N–H and O–H groups in total. The molecule has 4 rings (SSSR count). The van der Waals surface area contributed by atoms with E-state index in [1.54, 1.807) is 6.92 Å². The number of carbonyl (C=O) groups excluding carboxylic acids is 1. The summed E-state index contributed by atoms with van der Waals surface area (Å²) in [5.74, 6) is 0.184. The monoisotopic (exact) mass is 335 g/mol. The molecule has 25 heavy (non-hydrogen) atoms. The van der Waals surface area contributed by atoms with E-state index in [1.165, 1.54) is 16.7 Å². The van der Waals surface area contributed by atoms with Crippen LogP contribution in [0, 0.1) is 5.41 Å². The average Bonchev–Trinajstić information content (AvgIpc) is 2.90. The summed E-state index contributed by atoms with van der Waals surface area (Å²) in [6.07, 6.45) is 5.94. The summed E-state index contributed by atoms with van der Waals surface area (Å²) in [6, 6.07) is 12.8. The van der Waals surface area contributed by atoms with Crippen LogP contribution in [0.25, 0.3) is 0 Å². The lowest BCUT2D eigenvalue weighted by Crippen LogP contribution is -2.41. The molecule has 1 fully saturated rings.